The molecule has 2 aliphatic heterocycles. The van der Waals surface area contributed by atoms with Crippen molar-refractivity contribution in [1.29, 1.82) is 0 Å². The van der Waals surface area contributed by atoms with Gasteiger partial charge < -0.3 is 10.1 Å². The van der Waals surface area contributed by atoms with Crippen LogP contribution in [-0.2, 0) is 4.74 Å². The number of terminal acetylenes is 1. The number of fused-ring (bicyclic) bond motifs is 1. The highest BCUT2D eigenvalue weighted by molar-refractivity contribution is 5.05. The largest absolute Gasteiger partial charge is 0.373 e. The summed E-state index contributed by atoms with van der Waals surface area (Å²) in [5, 5.41) is 3.38. The fourth-order valence-electron chi connectivity index (χ4n) is 2.64. The van der Waals surface area contributed by atoms with Gasteiger partial charge in [-0.1, -0.05) is 12.8 Å². The van der Waals surface area contributed by atoms with Crippen molar-refractivity contribution in [2.45, 2.75) is 44.4 Å². The van der Waals surface area contributed by atoms with E-state index in [0.29, 0.717) is 6.04 Å². The minimum Gasteiger partial charge on any atom is -0.373 e. The van der Waals surface area contributed by atoms with Gasteiger partial charge in [0.1, 0.15) is 0 Å². The van der Waals surface area contributed by atoms with Gasteiger partial charge in [-0.05, 0) is 32.4 Å². The third-order valence-corrected chi connectivity index (χ3v) is 3.58. The molecule has 0 bridgehead atoms. The summed E-state index contributed by atoms with van der Waals surface area (Å²) in [6, 6.07) is 0.724. The summed E-state index contributed by atoms with van der Waals surface area (Å²) in [4.78, 5) is 2.53. The summed E-state index contributed by atoms with van der Waals surface area (Å²) in [6.07, 6.45) is 9.45. The molecule has 90 valence electrons. The first-order chi connectivity index (χ1) is 7.85. The monoisotopic (exact) mass is 222 g/mol. The molecule has 0 aromatic carbocycles. The van der Waals surface area contributed by atoms with Gasteiger partial charge in [0.2, 0.25) is 0 Å². The fraction of sp³-hybridized carbons (Fsp3) is 0.846. The van der Waals surface area contributed by atoms with Gasteiger partial charge in [-0.2, -0.15) is 0 Å². The van der Waals surface area contributed by atoms with E-state index in [9.17, 15) is 0 Å². The second-order valence-corrected chi connectivity index (χ2v) is 4.76. The molecule has 0 saturated carbocycles. The summed E-state index contributed by atoms with van der Waals surface area (Å²) < 4.78 is 5.90. The van der Waals surface area contributed by atoms with Crippen LogP contribution in [0.15, 0.2) is 0 Å². The maximum Gasteiger partial charge on any atom is 0.0968 e. The SMILES string of the molecule is C#CC(NCCC)C1CN2CCCC2CO1. The first kappa shape index (κ1) is 11.9. The molecule has 3 nitrogen and oxygen atoms in total. The smallest absolute Gasteiger partial charge is 0.0968 e. The second-order valence-electron chi connectivity index (χ2n) is 4.76. The van der Waals surface area contributed by atoms with Crippen molar-refractivity contribution >= 4 is 0 Å². The normalized spacial score (nSPS) is 32.0. The average molecular weight is 222 g/mol. The highest BCUT2D eigenvalue weighted by atomic mass is 16.5. The maximum absolute atomic E-state index is 5.90. The number of ether oxygens (including phenoxy) is 1. The molecule has 3 heteroatoms. The molecule has 16 heavy (non-hydrogen) atoms. The Hall–Kier alpha value is -0.560. The molecule has 2 heterocycles. The standard InChI is InChI=1S/C13H22N2O/c1-3-7-14-12(4-2)13-9-15-8-5-6-11(15)10-16-13/h2,11-14H,3,5-10H2,1H3. The lowest BCUT2D eigenvalue weighted by Gasteiger charge is -2.37. The van der Waals surface area contributed by atoms with Crippen LogP contribution < -0.4 is 5.32 Å². The molecular weight excluding hydrogens is 200 g/mol. The van der Waals surface area contributed by atoms with E-state index in [1.54, 1.807) is 0 Å². The van der Waals surface area contributed by atoms with Gasteiger partial charge in [-0.15, -0.1) is 6.42 Å². The zero-order valence-electron chi connectivity index (χ0n) is 10.1. The third-order valence-electron chi connectivity index (χ3n) is 3.58. The van der Waals surface area contributed by atoms with E-state index in [2.05, 4.69) is 23.1 Å². The lowest BCUT2D eigenvalue weighted by atomic mass is 10.1. The zero-order valence-corrected chi connectivity index (χ0v) is 10.1. The average Bonchev–Trinajstić information content (AvgIpc) is 2.77. The minimum absolute atomic E-state index is 0.0708. The van der Waals surface area contributed by atoms with Crippen LogP contribution in [0.25, 0.3) is 0 Å². The molecule has 0 aromatic rings. The Morgan fingerprint density at radius 2 is 2.50 bits per heavy atom. The summed E-state index contributed by atoms with van der Waals surface area (Å²) in [7, 11) is 0. The van der Waals surface area contributed by atoms with Crippen LogP contribution in [0.5, 0.6) is 0 Å². The predicted octanol–water partition coefficient (Wildman–Crippen LogP) is 0.851. The Bertz CT molecular complexity index is 261. The van der Waals surface area contributed by atoms with Gasteiger partial charge >= 0.3 is 0 Å². The number of rotatable bonds is 4. The van der Waals surface area contributed by atoms with E-state index in [-0.39, 0.29) is 12.1 Å². The molecule has 0 amide bonds. The van der Waals surface area contributed by atoms with Gasteiger partial charge in [0.25, 0.3) is 0 Å². The topological polar surface area (TPSA) is 24.5 Å². The summed E-state index contributed by atoms with van der Waals surface area (Å²) in [5.74, 6) is 2.82. The van der Waals surface area contributed by atoms with Crippen LogP contribution in [0, 0.1) is 12.3 Å². The van der Waals surface area contributed by atoms with Crippen molar-refractivity contribution < 1.29 is 4.74 Å². The minimum atomic E-state index is 0.0708. The van der Waals surface area contributed by atoms with E-state index in [0.717, 1.165) is 26.1 Å². The van der Waals surface area contributed by atoms with Gasteiger partial charge in [0.05, 0.1) is 18.8 Å². The molecule has 2 saturated heterocycles. The number of hydrogen-bond acceptors (Lipinski definition) is 3. The predicted molar refractivity (Wildman–Crippen MR) is 65.2 cm³/mol. The Morgan fingerprint density at radius 3 is 3.25 bits per heavy atom. The van der Waals surface area contributed by atoms with Gasteiger partial charge in [0.15, 0.2) is 0 Å². The van der Waals surface area contributed by atoms with E-state index >= 15 is 0 Å². The van der Waals surface area contributed by atoms with E-state index in [1.165, 1.54) is 19.4 Å². The van der Waals surface area contributed by atoms with Crippen molar-refractivity contribution in [3.05, 3.63) is 0 Å². The van der Waals surface area contributed by atoms with E-state index in [1.807, 2.05) is 0 Å². The molecule has 2 rings (SSSR count). The Morgan fingerprint density at radius 1 is 1.62 bits per heavy atom. The van der Waals surface area contributed by atoms with Gasteiger partial charge in [-0.3, -0.25) is 4.90 Å². The van der Waals surface area contributed by atoms with E-state index < -0.39 is 0 Å². The van der Waals surface area contributed by atoms with Crippen molar-refractivity contribution in [2.24, 2.45) is 0 Å². The summed E-state index contributed by atoms with van der Waals surface area (Å²) >= 11 is 0. The molecule has 2 fully saturated rings. The van der Waals surface area contributed by atoms with Crippen molar-refractivity contribution in [1.82, 2.24) is 10.2 Å². The molecular formula is C13H22N2O. The maximum atomic E-state index is 5.90. The number of morpholine rings is 1. The molecule has 0 aliphatic carbocycles. The molecule has 0 aromatic heterocycles. The first-order valence-electron chi connectivity index (χ1n) is 6.40. The van der Waals surface area contributed by atoms with Crippen LogP contribution in [0.3, 0.4) is 0 Å². The lowest BCUT2D eigenvalue weighted by molar-refractivity contribution is -0.0562. The lowest BCUT2D eigenvalue weighted by Crippen LogP contribution is -2.53. The molecule has 2 aliphatic rings. The van der Waals surface area contributed by atoms with Crippen LogP contribution in [0.4, 0.5) is 0 Å². The van der Waals surface area contributed by atoms with Crippen LogP contribution >= 0.6 is 0 Å². The van der Waals surface area contributed by atoms with Gasteiger partial charge in [-0.25, -0.2) is 0 Å². The zero-order chi connectivity index (χ0) is 11.4. The summed E-state index contributed by atoms with van der Waals surface area (Å²) in [6.45, 7) is 6.19. The number of nitrogens with zero attached hydrogens (tertiary/aromatic N) is 1. The summed E-state index contributed by atoms with van der Waals surface area (Å²) in [5.41, 5.74) is 0. The molecule has 1 N–H and O–H groups in total. The second kappa shape index (κ2) is 5.67. The number of nitrogens with one attached hydrogen (secondary N) is 1. The van der Waals surface area contributed by atoms with Crippen molar-refractivity contribution in [3.63, 3.8) is 0 Å². The van der Waals surface area contributed by atoms with Crippen LogP contribution in [-0.4, -0.2) is 49.3 Å². The van der Waals surface area contributed by atoms with Crippen LogP contribution in [0.2, 0.25) is 0 Å². The van der Waals surface area contributed by atoms with E-state index in [4.69, 9.17) is 11.2 Å². The highest BCUT2D eigenvalue weighted by Crippen LogP contribution is 2.23. The van der Waals surface area contributed by atoms with Gasteiger partial charge in [0, 0.05) is 12.6 Å². The number of hydrogen-bond donors (Lipinski definition) is 1. The molecule has 0 radical (unpaired) electrons. The Labute approximate surface area is 98.5 Å². The Balaban J connectivity index is 1.86. The fourth-order valence-corrected chi connectivity index (χ4v) is 2.64. The first-order valence-corrected chi connectivity index (χ1v) is 6.40. The molecule has 0 spiro atoms. The molecule has 3 atom stereocenters. The van der Waals surface area contributed by atoms with Crippen molar-refractivity contribution in [2.75, 3.05) is 26.2 Å². The van der Waals surface area contributed by atoms with Crippen LogP contribution in [0.1, 0.15) is 26.2 Å². The Kier molecular flexibility index (Phi) is 4.22. The molecule has 3 unspecified atom stereocenters. The highest BCUT2D eigenvalue weighted by Gasteiger charge is 2.34. The quantitative estimate of drug-likeness (QED) is 0.714. The van der Waals surface area contributed by atoms with Crippen molar-refractivity contribution in [3.8, 4) is 12.3 Å². The third kappa shape index (κ3) is 2.57.